The molecule has 0 saturated carbocycles. The van der Waals surface area contributed by atoms with Gasteiger partial charge in [-0.2, -0.15) is 10.2 Å². The van der Waals surface area contributed by atoms with E-state index in [1.807, 2.05) is 6.07 Å². The number of aromatic nitrogens is 4. The van der Waals surface area contributed by atoms with Crippen LogP contribution in [0.2, 0.25) is 0 Å². The van der Waals surface area contributed by atoms with Gasteiger partial charge in [0.25, 0.3) is 0 Å². The molecule has 90 valence electrons. The first-order chi connectivity index (χ1) is 8.60. The molecule has 0 amide bonds. The molecule has 0 aliphatic heterocycles. The van der Waals surface area contributed by atoms with Crippen LogP contribution in [0, 0.1) is 11.3 Å². The van der Waals surface area contributed by atoms with Gasteiger partial charge in [-0.1, -0.05) is 0 Å². The Bertz CT molecular complexity index is 726. The summed E-state index contributed by atoms with van der Waals surface area (Å²) in [6.07, 6.45) is 1.50. The molecule has 0 aromatic carbocycles. The number of hydrogen-bond donors (Lipinski definition) is 1. The van der Waals surface area contributed by atoms with Gasteiger partial charge in [-0.25, -0.2) is 4.98 Å². The second-order valence-corrected chi connectivity index (χ2v) is 4.33. The van der Waals surface area contributed by atoms with Gasteiger partial charge >= 0.3 is 11.1 Å². The molecule has 18 heavy (non-hydrogen) atoms. The molecule has 2 aromatic heterocycles. The minimum atomic E-state index is -0.836. The lowest BCUT2D eigenvalue weighted by Gasteiger charge is -2.04. The summed E-state index contributed by atoms with van der Waals surface area (Å²) in [5.41, 5.74) is -1.29. The van der Waals surface area contributed by atoms with Gasteiger partial charge in [-0.15, -0.1) is 0 Å². The first-order valence-electron chi connectivity index (χ1n) is 4.81. The van der Waals surface area contributed by atoms with E-state index in [4.69, 9.17) is 5.26 Å². The molecule has 7 nitrogen and oxygen atoms in total. The molecular formula is C10H7N5O2S. The Hall–Kier alpha value is -2.40. The molecule has 0 bridgehead atoms. The second-order valence-electron chi connectivity index (χ2n) is 3.29. The number of nitrogens with one attached hydrogen (secondary N) is 1. The first-order valence-corrected chi connectivity index (χ1v) is 5.63. The molecule has 0 aliphatic carbocycles. The highest BCUT2D eigenvalue weighted by atomic mass is 32.2. The summed E-state index contributed by atoms with van der Waals surface area (Å²) in [5.74, 6) is 0. The predicted molar refractivity (Wildman–Crippen MR) is 63.2 cm³/mol. The molecule has 0 spiro atoms. The van der Waals surface area contributed by atoms with Crippen LogP contribution in [0.4, 0.5) is 0 Å². The van der Waals surface area contributed by atoms with Gasteiger partial charge in [-0.3, -0.25) is 19.4 Å². The third-order valence-corrected chi connectivity index (χ3v) is 3.03. The van der Waals surface area contributed by atoms with Gasteiger partial charge in [0.05, 0.1) is 0 Å². The van der Waals surface area contributed by atoms with Gasteiger partial charge in [0, 0.05) is 18.1 Å². The minimum Gasteiger partial charge on any atom is -0.265 e. The number of aryl methyl sites for hydroxylation is 1. The number of rotatable bonds is 2. The first kappa shape index (κ1) is 12.1. The molecule has 0 unspecified atom stereocenters. The Kier molecular flexibility index (Phi) is 3.25. The van der Waals surface area contributed by atoms with Gasteiger partial charge < -0.3 is 0 Å². The lowest BCUT2D eigenvalue weighted by atomic mass is 10.4. The summed E-state index contributed by atoms with van der Waals surface area (Å²) in [5, 5.41) is 11.3. The van der Waals surface area contributed by atoms with E-state index in [1.165, 1.54) is 22.6 Å². The maximum atomic E-state index is 11.1. The van der Waals surface area contributed by atoms with Crippen molar-refractivity contribution in [2.24, 2.45) is 7.05 Å². The zero-order valence-corrected chi connectivity index (χ0v) is 10.1. The lowest BCUT2D eigenvalue weighted by molar-refractivity contribution is 0.596. The van der Waals surface area contributed by atoms with Crippen molar-refractivity contribution in [3.8, 4) is 6.07 Å². The lowest BCUT2D eigenvalue weighted by Crippen LogP contribution is -2.33. The van der Waals surface area contributed by atoms with E-state index >= 15 is 0 Å². The molecule has 0 saturated heterocycles. The van der Waals surface area contributed by atoms with Gasteiger partial charge in [0.2, 0.25) is 0 Å². The molecule has 0 fully saturated rings. The second kappa shape index (κ2) is 4.85. The van der Waals surface area contributed by atoms with E-state index in [1.54, 1.807) is 19.2 Å². The highest BCUT2D eigenvalue weighted by molar-refractivity contribution is 7.99. The predicted octanol–water partition coefficient (Wildman–Crippen LogP) is -0.114. The Morgan fingerprint density at radius 1 is 1.44 bits per heavy atom. The van der Waals surface area contributed by atoms with E-state index < -0.39 is 11.1 Å². The van der Waals surface area contributed by atoms with Crippen molar-refractivity contribution in [2.45, 2.75) is 10.1 Å². The Morgan fingerprint density at radius 2 is 2.22 bits per heavy atom. The van der Waals surface area contributed by atoms with E-state index in [-0.39, 0.29) is 0 Å². The van der Waals surface area contributed by atoms with Crippen molar-refractivity contribution < 1.29 is 0 Å². The third-order valence-electron chi connectivity index (χ3n) is 2.01. The fourth-order valence-corrected chi connectivity index (χ4v) is 1.93. The monoisotopic (exact) mass is 261 g/mol. The van der Waals surface area contributed by atoms with Gasteiger partial charge in [0.1, 0.15) is 11.8 Å². The molecule has 0 aliphatic rings. The smallest absolute Gasteiger partial charge is 0.265 e. The van der Waals surface area contributed by atoms with Gasteiger partial charge in [0.15, 0.2) is 5.16 Å². The average Bonchev–Trinajstić information content (AvgIpc) is 2.37. The number of aromatic amines is 1. The third kappa shape index (κ3) is 2.46. The summed E-state index contributed by atoms with van der Waals surface area (Å²) >= 11 is 1.17. The van der Waals surface area contributed by atoms with E-state index in [9.17, 15) is 9.59 Å². The van der Waals surface area contributed by atoms with Crippen molar-refractivity contribution >= 4 is 11.8 Å². The molecule has 2 rings (SSSR count). The normalized spacial score (nSPS) is 10.0. The van der Waals surface area contributed by atoms with Crippen LogP contribution in [0.3, 0.4) is 0 Å². The number of H-pyrrole nitrogens is 1. The van der Waals surface area contributed by atoms with Crippen LogP contribution in [-0.2, 0) is 7.05 Å². The van der Waals surface area contributed by atoms with Crippen LogP contribution in [0.5, 0.6) is 0 Å². The van der Waals surface area contributed by atoms with E-state index in [0.29, 0.717) is 15.7 Å². The van der Waals surface area contributed by atoms with Crippen molar-refractivity contribution in [1.82, 2.24) is 19.7 Å². The molecule has 8 heteroatoms. The minimum absolute atomic E-state index is 0.308. The SMILES string of the molecule is Cn1[nH]c(=O)c(=O)nc1Sc1ccc(C#N)nc1. The molecule has 2 heterocycles. The van der Waals surface area contributed by atoms with Crippen LogP contribution >= 0.6 is 11.8 Å². The van der Waals surface area contributed by atoms with Gasteiger partial charge in [-0.05, 0) is 23.9 Å². The highest BCUT2D eigenvalue weighted by Crippen LogP contribution is 2.23. The number of pyridine rings is 1. The summed E-state index contributed by atoms with van der Waals surface area (Å²) in [6, 6.07) is 5.16. The molecule has 0 radical (unpaired) electrons. The summed E-state index contributed by atoms with van der Waals surface area (Å²) < 4.78 is 1.35. The van der Waals surface area contributed by atoms with E-state index in [0.717, 1.165) is 0 Å². The van der Waals surface area contributed by atoms with E-state index in [2.05, 4.69) is 15.1 Å². The molecule has 1 N–H and O–H groups in total. The number of nitriles is 1. The zero-order chi connectivity index (χ0) is 13.1. The average molecular weight is 261 g/mol. The fraction of sp³-hybridized carbons (Fsp3) is 0.100. The number of hydrogen-bond acceptors (Lipinski definition) is 6. The topological polar surface area (TPSA) is 104 Å². The Morgan fingerprint density at radius 3 is 2.83 bits per heavy atom. The molecule has 0 atom stereocenters. The maximum Gasteiger partial charge on any atom is 0.339 e. The summed E-state index contributed by atoms with van der Waals surface area (Å²) in [4.78, 5) is 30.4. The van der Waals surface area contributed by atoms with Crippen LogP contribution in [0.1, 0.15) is 5.69 Å². The zero-order valence-electron chi connectivity index (χ0n) is 9.25. The summed E-state index contributed by atoms with van der Waals surface area (Å²) in [7, 11) is 1.58. The van der Waals surface area contributed by atoms with Crippen molar-refractivity contribution in [1.29, 1.82) is 5.26 Å². The quantitative estimate of drug-likeness (QED) is 0.756. The Labute approximate surface area is 105 Å². The number of nitrogens with zero attached hydrogens (tertiary/aromatic N) is 4. The van der Waals surface area contributed by atoms with Crippen LogP contribution in [-0.4, -0.2) is 19.7 Å². The van der Waals surface area contributed by atoms with Crippen LogP contribution in [0.25, 0.3) is 0 Å². The van der Waals surface area contributed by atoms with Crippen molar-refractivity contribution in [3.05, 3.63) is 44.7 Å². The van der Waals surface area contributed by atoms with Crippen molar-refractivity contribution in [2.75, 3.05) is 0 Å². The maximum absolute atomic E-state index is 11.1. The fourth-order valence-electron chi connectivity index (χ4n) is 1.16. The summed E-state index contributed by atoms with van der Waals surface area (Å²) in [6.45, 7) is 0. The van der Waals surface area contributed by atoms with Crippen molar-refractivity contribution in [3.63, 3.8) is 0 Å². The Balaban J connectivity index is 2.34. The largest absolute Gasteiger partial charge is 0.339 e. The molecular weight excluding hydrogens is 254 g/mol. The molecule has 2 aromatic rings. The standard InChI is InChI=1S/C10H7N5O2S/c1-15-10(13-8(16)9(17)14-15)18-7-3-2-6(4-11)12-5-7/h2-3,5H,1H3,(H,14,17). The van der Waals surface area contributed by atoms with Crippen LogP contribution < -0.4 is 11.1 Å². The van der Waals surface area contributed by atoms with Crippen LogP contribution in [0.15, 0.2) is 38.0 Å². The highest BCUT2D eigenvalue weighted by Gasteiger charge is 2.06.